The molecule has 0 spiro atoms. The smallest absolute Gasteiger partial charge is 0.255 e. The molecule has 1 saturated heterocycles. The van der Waals surface area contributed by atoms with Crippen molar-refractivity contribution in [3.63, 3.8) is 0 Å². The molecule has 2 rings (SSSR count). The number of amides is 2. The normalized spacial score (nSPS) is 16.8. The van der Waals surface area contributed by atoms with E-state index < -0.39 is 0 Å². The van der Waals surface area contributed by atoms with Crippen LogP contribution < -0.4 is 11.1 Å². The Morgan fingerprint density at radius 2 is 2.17 bits per heavy atom. The highest BCUT2D eigenvalue weighted by Gasteiger charge is 2.29. The number of halogens is 3. The summed E-state index contributed by atoms with van der Waals surface area (Å²) in [5, 5.41) is 3.11. The molecule has 0 radical (unpaired) electrons. The van der Waals surface area contributed by atoms with Gasteiger partial charge in [0.15, 0.2) is 0 Å². The molecule has 0 aromatic carbocycles. The van der Waals surface area contributed by atoms with Crippen LogP contribution in [0.5, 0.6) is 0 Å². The molecule has 0 saturated carbocycles. The number of nitrogens with one attached hydrogen (secondary N) is 1. The number of rotatable bonds is 4. The van der Waals surface area contributed by atoms with E-state index in [1.54, 1.807) is 11.0 Å². The first-order chi connectivity index (χ1) is 10.1. The Labute approximate surface area is 153 Å². The first kappa shape index (κ1) is 21.9. The van der Waals surface area contributed by atoms with Gasteiger partial charge in [0.25, 0.3) is 5.91 Å². The first-order valence-electron chi connectivity index (χ1n) is 7.00. The molecule has 1 unspecified atom stereocenters. The van der Waals surface area contributed by atoms with E-state index in [1.165, 1.54) is 12.4 Å². The van der Waals surface area contributed by atoms with Crippen LogP contribution in [0.1, 0.15) is 23.2 Å². The lowest BCUT2D eigenvalue weighted by Gasteiger charge is -2.32. The number of nitrogens with zero attached hydrogens (tertiary/aromatic N) is 2. The van der Waals surface area contributed by atoms with E-state index in [1.807, 2.05) is 0 Å². The maximum absolute atomic E-state index is 12.5. The molecular formula is C14H21Cl3N4O2. The van der Waals surface area contributed by atoms with Crippen molar-refractivity contribution < 1.29 is 9.59 Å². The van der Waals surface area contributed by atoms with Gasteiger partial charge in [0.05, 0.1) is 16.5 Å². The molecule has 1 aliphatic rings. The lowest BCUT2D eigenvalue weighted by Crippen LogP contribution is -2.46. The number of hydrogen-bond acceptors (Lipinski definition) is 4. The van der Waals surface area contributed by atoms with Gasteiger partial charge in [-0.3, -0.25) is 14.6 Å². The minimum atomic E-state index is -0.185. The van der Waals surface area contributed by atoms with E-state index in [-0.39, 0.29) is 42.5 Å². The topological polar surface area (TPSA) is 88.3 Å². The Bertz CT molecular complexity index is 530. The number of carbonyl (C=O) groups is 2. The van der Waals surface area contributed by atoms with Crippen LogP contribution in [0.3, 0.4) is 0 Å². The van der Waals surface area contributed by atoms with E-state index in [2.05, 4.69) is 10.3 Å². The lowest BCUT2D eigenvalue weighted by atomic mass is 9.96. The summed E-state index contributed by atoms with van der Waals surface area (Å²) in [4.78, 5) is 30.0. The summed E-state index contributed by atoms with van der Waals surface area (Å²) in [7, 11) is 0. The molecule has 6 nitrogen and oxygen atoms in total. The minimum Gasteiger partial charge on any atom is -0.355 e. The average Bonchev–Trinajstić information content (AvgIpc) is 2.52. The van der Waals surface area contributed by atoms with Crippen LogP contribution in [0.2, 0.25) is 5.02 Å². The number of piperidine rings is 1. The summed E-state index contributed by atoms with van der Waals surface area (Å²) in [5.74, 6) is -0.382. The van der Waals surface area contributed by atoms with Crippen molar-refractivity contribution in [3.05, 3.63) is 29.0 Å². The summed E-state index contributed by atoms with van der Waals surface area (Å²) >= 11 is 6.00. The van der Waals surface area contributed by atoms with Crippen molar-refractivity contribution in [2.24, 2.45) is 11.7 Å². The molecule has 2 amide bonds. The van der Waals surface area contributed by atoms with E-state index in [0.29, 0.717) is 36.8 Å². The van der Waals surface area contributed by atoms with Gasteiger partial charge in [-0.05, 0) is 18.9 Å². The molecule has 1 aromatic rings. The van der Waals surface area contributed by atoms with Gasteiger partial charge in [-0.2, -0.15) is 0 Å². The first-order valence-corrected chi connectivity index (χ1v) is 7.38. The predicted molar refractivity (Wildman–Crippen MR) is 94.4 cm³/mol. The standard InChI is InChI=1S/C14H19ClN4O2.2ClH/c15-12-8-17-5-3-11(12)14(21)19-7-1-2-10(9-19)13(20)18-6-4-16;;/h3,5,8,10H,1-2,4,6-7,9,16H2,(H,18,20);2*1H. The second kappa shape index (κ2) is 10.6. The molecular weight excluding hydrogens is 363 g/mol. The number of likely N-dealkylation sites (tertiary alicyclic amines) is 1. The number of carbonyl (C=O) groups excluding carboxylic acids is 2. The molecule has 23 heavy (non-hydrogen) atoms. The zero-order chi connectivity index (χ0) is 15.2. The van der Waals surface area contributed by atoms with Crippen molar-refractivity contribution in [2.45, 2.75) is 12.8 Å². The molecule has 1 aliphatic heterocycles. The van der Waals surface area contributed by atoms with Crippen LogP contribution in [0.25, 0.3) is 0 Å². The van der Waals surface area contributed by atoms with Gasteiger partial charge in [0, 0.05) is 38.6 Å². The van der Waals surface area contributed by atoms with Crippen molar-refractivity contribution in [3.8, 4) is 0 Å². The SMILES string of the molecule is Cl.Cl.NCCNC(=O)C1CCCN(C(=O)c2ccncc2Cl)C1. The van der Waals surface area contributed by atoms with Crippen LogP contribution in [-0.4, -0.2) is 47.9 Å². The van der Waals surface area contributed by atoms with Crippen molar-refractivity contribution in [1.82, 2.24) is 15.2 Å². The van der Waals surface area contributed by atoms with Gasteiger partial charge in [0.2, 0.25) is 5.91 Å². The van der Waals surface area contributed by atoms with Crippen LogP contribution in [-0.2, 0) is 4.79 Å². The fourth-order valence-corrected chi connectivity index (χ4v) is 2.63. The third kappa shape index (κ3) is 5.80. The monoisotopic (exact) mass is 382 g/mol. The van der Waals surface area contributed by atoms with Gasteiger partial charge in [-0.15, -0.1) is 24.8 Å². The number of pyridine rings is 1. The van der Waals surface area contributed by atoms with Gasteiger partial charge < -0.3 is 16.0 Å². The molecule has 1 aromatic heterocycles. The number of hydrogen-bond donors (Lipinski definition) is 2. The van der Waals surface area contributed by atoms with Crippen LogP contribution in [0, 0.1) is 5.92 Å². The van der Waals surface area contributed by atoms with Crippen LogP contribution >= 0.6 is 36.4 Å². The Balaban J connectivity index is 0.00000242. The third-order valence-electron chi connectivity index (χ3n) is 3.53. The lowest BCUT2D eigenvalue weighted by molar-refractivity contribution is -0.126. The maximum atomic E-state index is 12.5. The highest BCUT2D eigenvalue weighted by Crippen LogP contribution is 2.21. The Hall–Kier alpha value is -1.08. The van der Waals surface area contributed by atoms with Crippen molar-refractivity contribution in [2.75, 3.05) is 26.2 Å². The fourth-order valence-electron chi connectivity index (χ4n) is 2.43. The quantitative estimate of drug-likeness (QED) is 0.825. The molecule has 0 aliphatic carbocycles. The van der Waals surface area contributed by atoms with Gasteiger partial charge >= 0.3 is 0 Å². The van der Waals surface area contributed by atoms with Gasteiger partial charge in [0.1, 0.15) is 0 Å². The molecule has 130 valence electrons. The average molecular weight is 384 g/mol. The van der Waals surface area contributed by atoms with Crippen LogP contribution in [0.15, 0.2) is 18.5 Å². The molecule has 0 bridgehead atoms. The van der Waals surface area contributed by atoms with E-state index >= 15 is 0 Å². The summed E-state index contributed by atoms with van der Waals surface area (Å²) in [6, 6.07) is 1.60. The number of aromatic nitrogens is 1. The third-order valence-corrected chi connectivity index (χ3v) is 3.83. The molecule has 2 heterocycles. The van der Waals surface area contributed by atoms with E-state index in [9.17, 15) is 9.59 Å². The minimum absolute atomic E-state index is 0. The second-order valence-corrected chi connectivity index (χ2v) is 5.43. The Morgan fingerprint density at radius 1 is 1.43 bits per heavy atom. The van der Waals surface area contributed by atoms with Gasteiger partial charge in [-0.25, -0.2) is 0 Å². The largest absolute Gasteiger partial charge is 0.355 e. The van der Waals surface area contributed by atoms with Crippen molar-refractivity contribution in [1.29, 1.82) is 0 Å². The van der Waals surface area contributed by atoms with Crippen molar-refractivity contribution >= 4 is 48.2 Å². The highest BCUT2D eigenvalue weighted by atomic mass is 35.5. The molecule has 1 fully saturated rings. The molecule has 3 N–H and O–H groups in total. The summed E-state index contributed by atoms with van der Waals surface area (Å²) in [6.45, 7) is 1.92. The zero-order valence-corrected chi connectivity index (χ0v) is 14.9. The Kier molecular flexibility index (Phi) is 10.1. The fraction of sp³-hybridized carbons (Fsp3) is 0.500. The van der Waals surface area contributed by atoms with Crippen LogP contribution in [0.4, 0.5) is 0 Å². The second-order valence-electron chi connectivity index (χ2n) is 5.03. The molecule has 1 atom stereocenters. The highest BCUT2D eigenvalue weighted by molar-refractivity contribution is 6.33. The zero-order valence-electron chi connectivity index (χ0n) is 12.5. The van der Waals surface area contributed by atoms with E-state index in [0.717, 1.165) is 12.8 Å². The summed E-state index contributed by atoms with van der Waals surface area (Å²) < 4.78 is 0. The van der Waals surface area contributed by atoms with E-state index in [4.69, 9.17) is 17.3 Å². The van der Waals surface area contributed by atoms with Gasteiger partial charge in [-0.1, -0.05) is 11.6 Å². The molecule has 9 heteroatoms. The summed E-state index contributed by atoms with van der Waals surface area (Å²) in [6.07, 6.45) is 4.57. The Morgan fingerprint density at radius 3 is 2.83 bits per heavy atom. The maximum Gasteiger partial charge on any atom is 0.255 e. The predicted octanol–water partition coefficient (Wildman–Crippen LogP) is 1.51. The number of nitrogens with two attached hydrogens (primary N) is 1. The summed E-state index contributed by atoms with van der Waals surface area (Å²) in [5.41, 5.74) is 5.80.